The largest absolute Gasteiger partial charge is 0.457 e. The van der Waals surface area contributed by atoms with Crippen LogP contribution in [0.1, 0.15) is 5.56 Å². The number of carbonyl (C=O) groups is 1. The Morgan fingerprint density at radius 3 is 2.30 bits per heavy atom. The molecule has 3 aromatic carbocycles. The van der Waals surface area contributed by atoms with Gasteiger partial charge in [0.25, 0.3) is 0 Å². The standard InChI is InChI=1S/C22H18FN5O2/c23-18-8-12-20(13-9-18)30-19-10-6-16(7-11-19)14-24-21(29)15-28-26-22(25-27-28)17-4-2-1-3-5-17/h1-13H,14-15H2,(H,24,29). The van der Waals surface area contributed by atoms with Crippen molar-refractivity contribution in [1.29, 1.82) is 0 Å². The van der Waals surface area contributed by atoms with Crippen LogP contribution >= 0.6 is 0 Å². The van der Waals surface area contributed by atoms with Gasteiger partial charge in [-0.3, -0.25) is 4.79 Å². The number of nitrogens with one attached hydrogen (secondary N) is 1. The fraction of sp³-hybridized carbons (Fsp3) is 0.0909. The zero-order valence-corrected chi connectivity index (χ0v) is 15.9. The van der Waals surface area contributed by atoms with Gasteiger partial charge in [-0.25, -0.2) is 4.39 Å². The summed E-state index contributed by atoms with van der Waals surface area (Å²) in [6.07, 6.45) is 0. The van der Waals surface area contributed by atoms with Crippen LogP contribution in [0, 0.1) is 5.82 Å². The van der Waals surface area contributed by atoms with Crippen molar-refractivity contribution < 1.29 is 13.9 Å². The van der Waals surface area contributed by atoms with Crippen LogP contribution < -0.4 is 10.1 Å². The highest BCUT2D eigenvalue weighted by molar-refractivity contribution is 5.75. The van der Waals surface area contributed by atoms with Gasteiger partial charge in [0.2, 0.25) is 11.7 Å². The van der Waals surface area contributed by atoms with E-state index in [-0.39, 0.29) is 18.3 Å². The first kappa shape index (κ1) is 19.3. The van der Waals surface area contributed by atoms with E-state index in [0.29, 0.717) is 23.9 Å². The van der Waals surface area contributed by atoms with Gasteiger partial charge in [0.05, 0.1) is 0 Å². The van der Waals surface area contributed by atoms with Gasteiger partial charge < -0.3 is 10.1 Å². The number of benzene rings is 3. The molecule has 4 aromatic rings. The minimum Gasteiger partial charge on any atom is -0.457 e. The Balaban J connectivity index is 1.28. The Kier molecular flexibility index (Phi) is 5.75. The third-order valence-corrected chi connectivity index (χ3v) is 4.23. The third kappa shape index (κ3) is 5.05. The van der Waals surface area contributed by atoms with Gasteiger partial charge in [0.1, 0.15) is 23.9 Å². The molecule has 1 N–H and O–H groups in total. The smallest absolute Gasteiger partial charge is 0.243 e. The van der Waals surface area contributed by atoms with E-state index in [4.69, 9.17) is 4.74 Å². The molecule has 0 aliphatic carbocycles. The Morgan fingerprint density at radius 2 is 1.60 bits per heavy atom. The summed E-state index contributed by atoms with van der Waals surface area (Å²) in [5.41, 5.74) is 1.75. The third-order valence-electron chi connectivity index (χ3n) is 4.23. The Bertz CT molecular complexity index is 1110. The molecular weight excluding hydrogens is 385 g/mol. The lowest BCUT2D eigenvalue weighted by Crippen LogP contribution is -2.28. The minimum absolute atomic E-state index is 0.0222. The predicted molar refractivity (Wildman–Crippen MR) is 108 cm³/mol. The molecule has 0 radical (unpaired) electrons. The van der Waals surface area contributed by atoms with Gasteiger partial charge in [-0.15, -0.1) is 10.2 Å². The number of amides is 1. The predicted octanol–water partition coefficient (Wildman–Crippen LogP) is 3.59. The number of aromatic nitrogens is 4. The second-order valence-electron chi connectivity index (χ2n) is 6.49. The molecule has 150 valence electrons. The second kappa shape index (κ2) is 8.95. The van der Waals surface area contributed by atoms with E-state index in [1.807, 2.05) is 42.5 Å². The number of rotatable bonds is 7. The topological polar surface area (TPSA) is 81.9 Å². The van der Waals surface area contributed by atoms with Crippen LogP contribution in [-0.2, 0) is 17.9 Å². The van der Waals surface area contributed by atoms with E-state index in [0.717, 1.165) is 11.1 Å². The van der Waals surface area contributed by atoms with E-state index in [1.54, 1.807) is 24.3 Å². The summed E-state index contributed by atoms with van der Waals surface area (Å²) >= 11 is 0. The number of ether oxygens (including phenoxy) is 1. The Morgan fingerprint density at radius 1 is 0.933 bits per heavy atom. The molecule has 0 aliphatic heterocycles. The van der Waals surface area contributed by atoms with E-state index >= 15 is 0 Å². The molecule has 0 fully saturated rings. The van der Waals surface area contributed by atoms with Crippen LogP contribution in [0.15, 0.2) is 78.9 Å². The van der Waals surface area contributed by atoms with Crippen molar-refractivity contribution in [2.45, 2.75) is 13.1 Å². The summed E-state index contributed by atoms with van der Waals surface area (Å²) in [6.45, 7) is 0.335. The SMILES string of the molecule is O=C(Cn1nnc(-c2ccccc2)n1)NCc1ccc(Oc2ccc(F)cc2)cc1. The molecule has 1 aromatic heterocycles. The monoisotopic (exact) mass is 403 g/mol. The summed E-state index contributed by atoms with van der Waals surface area (Å²) in [5, 5.41) is 14.9. The zero-order valence-electron chi connectivity index (χ0n) is 15.9. The van der Waals surface area contributed by atoms with Crippen molar-refractivity contribution in [1.82, 2.24) is 25.5 Å². The van der Waals surface area contributed by atoms with E-state index in [2.05, 4.69) is 20.7 Å². The highest BCUT2D eigenvalue weighted by Gasteiger charge is 2.09. The van der Waals surface area contributed by atoms with E-state index in [1.165, 1.54) is 16.9 Å². The second-order valence-corrected chi connectivity index (χ2v) is 6.49. The van der Waals surface area contributed by atoms with E-state index in [9.17, 15) is 9.18 Å². The molecule has 0 atom stereocenters. The Labute approximate surface area is 172 Å². The van der Waals surface area contributed by atoms with Crippen molar-refractivity contribution in [3.05, 3.63) is 90.2 Å². The molecule has 0 spiro atoms. The van der Waals surface area contributed by atoms with Gasteiger partial charge in [-0.1, -0.05) is 42.5 Å². The molecule has 0 aliphatic rings. The molecule has 7 nitrogen and oxygen atoms in total. The fourth-order valence-electron chi connectivity index (χ4n) is 2.71. The highest BCUT2D eigenvalue weighted by Crippen LogP contribution is 2.21. The first-order chi connectivity index (χ1) is 14.7. The molecule has 1 amide bonds. The van der Waals surface area contributed by atoms with Crippen molar-refractivity contribution >= 4 is 5.91 Å². The van der Waals surface area contributed by atoms with Crippen LogP contribution in [0.4, 0.5) is 4.39 Å². The van der Waals surface area contributed by atoms with Gasteiger partial charge in [-0.2, -0.15) is 4.80 Å². The summed E-state index contributed by atoms with van der Waals surface area (Å²) in [6, 6.07) is 22.5. The molecular formula is C22H18FN5O2. The Hall–Kier alpha value is -4.07. The van der Waals surface area contributed by atoms with Crippen molar-refractivity contribution in [2.75, 3.05) is 0 Å². The number of hydrogen-bond acceptors (Lipinski definition) is 5. The van der Waals surface area contributed by atoms with Crippen LogP contribution in [0.25, 0.3) is 11.4 Å². The van der Waals surface area contributed by atoms with Crippen LogP contribution in [-0.4, -0.2) is 26.1 Å². The average Bonchev–Trinajstić information content (AvgIpc) is 3.24. The maximum absolute atomic E-state index is 12.9. The van der Waals surface area contributed by atoms with Crippen LogP contribution in [0.5, 0.6) is 11.5 Å². The lowest BCUT2D eigenvalue weighted by Gasteiger charge is -2.08. The first-order valence-corrected chi connectivity index (χ1v) is 9.28. The van der Waals surface area contributed by atoms with Crippen LogP contribution in [0.2, 0.25) is 0 Å². The summed E-state index contributed by atoms with van der Waals surface area (Å²) < 4.78 is 18.6. The fourth-order valence-corrected chi connectivity index (χ4v) is 2.71. The van der Waals surface area contributed by atoms with Gasteiger partial charge >= 0.3 is 0 Å². The number of hydrogen-bond donors (Lipinski definition) is 1. The molecule has 0 saturated carbocycles. The van der Waals surface area contributed by atoms with Crippen molar-refractivity contribution in [2.24, 2.45) is 0 Å². The van der Waals surface area contributed by atoms with Gasteiger partial charge in [0.15, 0.2) is 0 Å². The number of halogens is 1. The van der Waals surface area contributed by atoms with Crippen molar-refractivity contribution in [3.8, 4) is 22.9 Å². The van der Waals surface area contributed by atoms with Crippen molar-refractivity contribution in [3.63, 3.8) is 0 Å². The molecule has 0 bridgehead atoms. The molecule has 0 unspecified atom stereocenters. The van der Waals surface area contributed by atoms with E-state index < -0.39 is 0 Å². The maximum Gasteiger partial charge on any atom is 0.243 e. The summed E-state index contributed by atoms with van der Waals surface area (Å²) in [5.74, 6) is 1.11. The molecule has 8 heteroatoms. The quantitative estimate of drug-likeness (QED) is 0.510. The minimum atomic E-state index is -0.314. The first-order valence-electron chi connectivity index (χ1n) is 9.28. The highest BCUT2D eigenvalue weighted by atomic mass is 19.1. The summed E-state index contributed by atoms with van der Waals surface area (Å²) in [4.78, 5) is 13.4. The number of carbonyl (C=O) groups excluding carboxylic acids is 1. The molecule has 4 rings (SSSR count). The molecule has 0 saturated heterocycles. The molecule has 1 heterocycles. The van der Waals surface area contributed by atoms with Gasteiger partial charge in [0, 0.05) is 12.1 Å². The average molecular weight is 403 g/mol. The molecule has 30 heavy (non-hydrogen) atoms. The normalized spacial score (nSPS) is 10.6. The lowest BCUT2D eigenvalue weighted by atomic mass is 10.2. The zero-order chi connectivity index (χ0) is 20.8. The van der Waals surface area contributed by atoms with Gasteiger partial charge in [-0.05, 0) is 47.2 Å². The summed E-state index contributed by atoms with van der Waals surface area (Å²) in [7, 11) is 0. The number of nitrogens with zero attached hydrogens (tertiary/aromatic N) is 4. The van der Waals surface area contributed by atoms with Crippen LogP contribution in [0.3, 0.4) is 0 Å². The maximum atomic E-state index is 12.9. The number of tetrazole rings is 1. The lowest BCUT2D eigenvalue weighted by molar-refractivity contribution is -0.122.